The maximum atomic E-state index is 12.5. The summed E-state index contributed by atoms with van der Waals surface area (Å²) in [6.07, 6.45) is 5.12. The number of carbonyl (C=O) groups excluding carboxylic acids is 2. The monoisotopic (exact) mass is 300 g/mol. The van der Waals surface area contributed by atoms with E-state index in [0.717, 1.165) is 5.56 Å². The molecule has 2 amide bonds. The van der Waals surface area contributed by atoms with Crippen molar-refractivity contribution in [1.29, 1.82) is 0 Å². The number of hydrogen-bond acceptors (Lipinski definition) is 4. The van der Waals surface area contributed by atoms with Crippen molar-refractivity contribution in [3.63, 3.8) is 0 Å². The Hall–Kier alpha value is -2.50. The molecule has 114 valence electrons. The molecule has 0 radical (unpaired) electrons. The number of likely N-dealkylation sites (tertiary alicyclic amines) is 1. The first-order valence-corrected chi connectivity index (χ1v) is 7.27. The van der Waals surface area contributed by atoms with Crippen LogP contribution in [0, 0.1) is 22.0 Å². The van der Waals surface area contributed by atoms with Gasteiger partial charge in [0.2, 0.25) is 11.8 Å². The highest BCUT2D eigenvalue weighted by atomic mass is 16.6. The van der Waals surface area contributed by atoms with E-state index in [1.165, 1.54) is 17.0 Å². The van der Waals surface area contributed by atoms with Crippen molar-refractivity contribution in [2.75, 3.05) is 0 Å². The van der Waals surface area contributed by atoms with Crippen LogP contribution in [0.15, 0.2) is 36.4 Å². The molecule has 1 unspecified atom stereocenters. The molecule has 1 aliphatic carbocycles. The molecule has 2 aliphatic rings. The van der Waals surface area contributed by atoms with E-state index >= 15 is 0 Å². The van der Waals surface area contributed by atoms with Gasteiger partial charge in [-0.1, -0.05) is 24.3 Å². The molecule has 0 N–H and O–H groups in total. The molecule has 3 atom stereocenters. The molecule has 0 saturated carbocycles. The molecule has 1 fully saturated rings. The Morgan fingerprint density at radius 3 is 2.05 bits per heavy atom. The first-order valence-electron chi connectivity index (χ1n) is 7.27. The Balaban J connectivity index is 1.85. The van der Waals surface area contributed by atoms with E-state index in [0.29, 0.717) is 12.8 Å². The van der Waals surface area contributed by atoms with Gasteiger partial charge in [0.1, 0.15) is 0 Å². The third kappa shape index (κ3) is 2.20. The number of nitro groups is 1. The molecular formula is C16H16N2O4. The maximum absolute atomic E-state index is 12.5. The number of fused-ring (bicyclic) bond motifs is 1. The zero-order valence-corrected chi connectivity index (χ0v) is 12.1. The predicted molar refractivity (Wildman–Crippen MR) is 78.7 cm³/mol. The number of non-ortho nitro benzene ring substituents is 1. The molecule has 0 spiro atoms. The van der Waals surface area contributed by atoms with Gasteiger partial charge >= 0.3 is 0 Å². The van der Waals surface area contributed by atoms with Crippen LogP contribution in [-0.2, 0) is 9.59 Å². The number of nitrogens with zero attached hydrogens (tertiary/aromatic N) is 2. The van der Waals surface area contributed by atoms with E-state index in [1.54, 1.807) is 19.1 Å². The van der Waals surface area contributed by atoms with Crippen molar-refractivity contribution in [3.8, 4) is 0 Å². The second kappa shape index (κ2) is 5.36. The fourth-order valence-corrected chi connectivity index (χ4v) is 3.23. The lowest BCUT2D eigenvalue weighted by Crippen LogP contribution is -2.33. The summed E-state index contributed by atoms with van der Waals surface area (Å²) in [5, 5.41) is 10.7. The summed E-state index contributed by atoms with van der Waals surface area (Å²) in [6, 6.07) is 5.58. The van der Waals surface area contributed by atoms with Gasteiger partial charge in [-0.15, -0.1) is 0 Å². The fraction of sp³-hybridized carbons (Fsp3) is 0.375. The van der Waals surface area contributed by atoms with Crippen molar-refractivity contribution in [2.45, 2.75) is 25.8 Å². The molecule has 1 heterocycles. The van der Waals surface area contributed by atoms with Gasteiger partial charge in [0.05, 0.1) is 22.8 Å². The minimum atomic E-state index is -0.471. The first-order chi connectivity index (χ1) is 10.5. The Bertz CT molecular complexity index is 639. The number of hydrogen-bond donors (Lipinski definition) is 0. The van der Waals surface area contributed by atoms with Crippen LogP contribution in [-0.4, -0.2) is 21.6 Å². The summed E-state index contributed by atoms with van der Waals surface area (Å²) in [4.78, 5) is 36.6. The van der Waals surface area contributed by atoms with Gasteiger partial charge < -0.3 is 0 Å². The molecule has 1 aromatic carbocycles. The summed E-state index contributed by atoms with van der Waals surface area (Å²) in [7, 11) is 0. The largest absolute Gasteiger partial charge is 0.275 e. The molecule has 6 heteroatoms. The lowest BCUT2D eigenvalue weighted by molar-refractivity contribution is -0.384. The van der Waals surface area contributed by atoms with E-state index in [9.17, 15) is 19.7 Å². The lowest BCUT2D eigenvalue weighted by atomic mass is 9.85. The van der Waals surface area contributed by atoms with Crippen LogP contribution in [0.5, 0.6) is 0 Å². The van der Waals surface area contributed by atoms with Gasteiger partial charge in [-0.2, -0.15) is 0 Å². The average Bonchev–Trinajstić information content (AvgIpc) is 2.79. The number of carbonyl (C=O) groups is 2. The smallest absolute Gasteiger partial charge is 0.269 e. The average molecular weight is 300 g/mol. The van der Waals surface area contributed by atoms with Gasteiger partial charge in [0, 0.05) is 12.1 Å². The minimum absolute atomic E-state index is 0.00658. The number of allylic oxidation sites excluding steroid dienone is 2. The lowest BCUT2D eigenvalue weighted by Gasteiger charge is -2.23. The SMILES string of the molecule is CC(c1ccc([N+](=O)[O-])cc1)N1C(=O)[C@H]2CC=CC[C@H]2C1=O. The van der Waals surface area contributed by atoms with Crippen molar-refractivity contribution in [3.05, 3.63) is 52.1 Å². The topological polar surface area (TPSA) is 80.5 Å². The molecule has 1 aliphatic heterocycles. The van der Waals surface area contributed by atoms with Crippen molar-refractivity contribution < 1.29 is 14.5 Å². The fourth-order valence-electron chi connectivity index (χ4n) is 3.23. The number of rotatable bonds is 3. The highest BCUT2D eigenvalue weighted by molar-refractivity contribution is 6.05. The first kappa shape index (κ1) is 14.4. The van der Waals surface area contributed by atoms with E-state index in [2.05, 4.69) is 0 Å². The molecular weight excluding hydrogens is 284 g/mol. The number of imide groups is 1. The van der Waals surface area contributed by atoms with Crippen LogP contribution in [0.25, 0.3) is 0 Å². The number of benzene rings is 1. The van der Waals surface area contributed by atoms with Crippen LogP contribution >= 0.6 is 0 Å². The number of amides is 2. The molecule has 22 heavy (non-hydrogen) atoms. The van der Waals surface area contributed by atoms with Crippen LogP contribution in [0.4, 0.5) is 5.69 Å². The molecule has 1 aromatic rings. The Morgan fingerprint density at radius 2 is 1.59 bits per heavy atom. The van der Waals surface area contributed by atoms with Gasteiger partial charge in [0.15, 0.2) is 0 Å². The Morgan fingerprint density at radius 1 is 1.09 bits per heavy atom. The second-order valence-corrected chi connectivity index (χ2v) is 5.73. The van der Waals surface area contributed by atoms with Crippen molar-refractivity contribution in [2.24, 2.45) is 11.8 Å². The maximum Gasteiger partial charge on any atom is 0.269 e. The highest BCUT2D eigenvalue weighted by Gasteiger charge is 2.48. The summed E-state index contributed by atoms with van der Waals surface area (Å²) in [5.74, 6) is -0.772. The molecule has 6 nitrogen and oxygen atoms in total. The predicted octanol–water partition coefficient (Wildman–Crippen LogP) is 2.61. The van der Waals surface area contributed by atoms with E-state index in [-0.39, 0.29) is 29.3 Å². The van der Waals surface area contributed by atoms with Crippen LogP contribution in [0.3, 0.4) is 0 Å². The molecule has 0 aromatic heterocycles. The zero-order chi connectivity index (χ0) is 15.9. The van der Waals surface area contributed by atoms with Gasteiger partial charge in [0.25, 0.3) is 5.69 Å². The van der Waals surface area contributed by atoms with Crippen molar-refractivity contribution in [1.82, 2.24) is 4.90 Å². The van der Waals surface area contributed by atoms with E-state index < -0.39 is 11.0 Å². The molecule has 3 rings (SSSR count). The van der Waals surface area contributed by atoms with Crippen molar-refractivity contribution >= 4 is 17.5 Å². The van der Waals surface area contributed by atoms with Crippen LogP contribution < -0.4 is 0 Å². The molecule has 0 bridgehead atoms. The summed E-state index contributed by atoms with van der Waals surface area (Å²) in [5.41, 5.74) is 0.715. The quantitative estimate of drug-likeness (QED) is 0.372. The second-order valence-electron chi connectivity index (χ2n) is 5.73. The molecule has 1 saturated heterocycles. The zero-order valence-electron chi connectivity index (χ0n) is 12.1. The van der Waals surface area contributed by atoms with Crippen LogP contribution in [0.1, 0.15) is 31.4 Å². The van der Waals surface area contributed by atoms with E-state index in [1.807, 2.05) is 12.2 Å². The third-order valence-electron chi connectivity index (χ3n) is 4.52. The van der Waals surface area contributed by atoms with Gasteiger partial charge in [-0.25, -0.2) is 0 Å². The van der Waals surface area contributed by atoms with Gasteiger partial charge in [-0.3, -0.25) is 24.6 Å². The summed E-state index contributed by atoms with van der Waals surface area (Å²) < 4.78 is 0. The standard InChI is InChI=1S/C16H16N2O4/c1-10(11-6-8-12(9-7-11)18(21)22)17-15(19)13-4-2-3-5-14(13)16(17)20/h2-3,6-10,13-14H,4-5H2,1H3/t10?,13-,14+. The van der Waals surface area contributed by atoms with E-state index in [4.69, 9.17) is 0 Å². The third-order valence-corrected chi connectivity index (χ3v) is 4.52. The summed E-state index contributed by atoms with van der Waals surface area (Å²) in [6.45, 7) is 1.78. The number of nitro benzene ring substituents is 1. The Labute approximate surface area is 127 Å². The summed E-state index contributed by atoms with van der Waals surface area (Å²) >= 11 is 0. The highest BCUT2D eigenvalue weighted by Crippen LogP contribution is 2.39. The Kier molecular flexibility index (Phi) is 3.52. The normalized spacial score (nSPS) is 25.2. The minimum Gasteiger partial charge on any atom is -0.275 e. The van der Waals surface area contributed by atoms with Gasteiger partial charge in [-0.05, 0) is 25.3 Å². The van der Waals surface area contributed by atoms with Crippen LogP contribution in [0.2, 0.25) is 0 Å².